The Bertz CT molecular complexity index is 266. The van der Waals surface area contributed by atoms with E-state index in [1.54, 1.807) is 0 Å². The lowest BCUT2D eigenvalue weighted by atomic mass is 9.79. The lowest BCUT2D eigenvalue weighted by molar-refractivity contribution is -0.00993. The van der Waals surface area contributed by atoms with Crippen LogP contribution in [0.4, 0.5) is 0 Å². The normalized spacial score (nSPS) is 36.3. The van der Waals surface area contributed by atoms with Gasteiger partial charge in [-0.25, -0.2) is 0 Å². The van der Waals surface area contributed by atoms with Crippen LogP contribution in [0.1, 0.15) is 52.4 Å². The van der Waals surface area contributed by atoms with Crippen LogP contribution >= 0.6 is 0 Å². The number of rotatable bonds is 4. The smallest absolute Gasteiger partial charge is 0.0771 e. The molecule has 0 aromatic rings. The molecule has 0 radical (unpaired) electrons. The van der Waals surface area contributed by atoms with Crippen LogP contribution in [0.2, 0.25) is 0 Å². The summed E-state index contributed by atoms with van der Waals surface area (Å²) in [5, 5.41) is 14.2. The fourth-order valence-corrected chi connectivity index (χ4v) is 3.52. The van der Waals surface area contributed by atoms with Gasteiger partial charge in [0.1, 0.15) is 0 Å². The van der Waals surface area contributed by atoms with Crippen LogP contribution in [0.5, 0.6) is 0 Å². The SMILES string of the molecule is CC1CCC(O)(CNC(C)C2CCN(C)CC2)CC1. The zero-order valence-corrected chi connectivity index (χ0v) is 13.0. The monoisotopic (exact) mass is 268 g/mol. The van der Waals surface area contributed by atoms with Crippen molar-refractivity contribution in [3.8, 4) is 0 Å². The molecule has 0 spiro atoms. The van der Waals surface area contributed by atoms with Crippen LogP contribution in [0.15, 0.2) is 0 Å². The summed E-state index contributed by atoms with van der Waals surface area (Å²) in [6, 6.07) is 0.539. The van der Waals surface area contributed by atoms with Crippen LogP contribution in [-0.2, 0) is 0 Å². The molecule has 1 unspecified atom stereocenters. The fourth-order valence-electron chi connectivity index (χ4n) is 3.52. The molecule has 1 aliphatic heterocycles. The quantitative estimate of drug-likeness (QED) is 0.821. The highest BCUT2D eigenvalue weighted by atomic mass is 16.3. The molecule has 0 amide bonds. The highest BCUT2D eigenvalue weighted by molar-refractivity contribution is 4.88. The largest absolute Gasteiger partial charge is 0.389 e. The van der Waals surface area contributed by atoms with Crippen molar-refractivity contribution in [2.45, 2.75) is 64.0 Å². The summed E-state index contributed by atoms with van der Waals surface area (Å²) in [6.45, 7) is 7.82. The molecule has 2 fully saturated rings. The first kappa shape index (κ1) is 15.3. The van der Waals surface area contributed by atoms with E-state index >= 15 is 0 Å². The average Bonchev–Trinajstić information content (AvgIpc) is 2.41. The Morgan fingerprint density at radius 1 is 1.21 bits per heavy atom. The molecule has 3 nitrogen and oxygen atoms in total. The van der Waals surface area contributed by atoms with Crippen molar-refractivity contribution < 1.29 is 5.11 Å². The summed E-state index contributed by atoms with van der Waals surface area (Å²) in [6.07, 6.45) is 6.89. The summed E-state index contributed by atoms with van der Waals surface area (Å²) in [4.78, 5) is 2.42. The van der Waals surface area contributed by atoms with Crippen molar-refractivity contribution in [1.82, 2.24) is 10.2 Å². The first-order chi connectivity index (χ1) is 8.98. The second kappa shape index (κ2) is 6.55. The second-order valence-electron chi connectivity index (χ2n) is 7.22. The van der Waals surface area contributed by atoms with Gasteiger partial charge in [-0.15, -0.1) is 0 Å². The molecule has 2 rings (SSSR count). The summed E-state index contributed by atoms with van der Waals surface area (Å²) in [7, 11) is 2.21. The number of piperidine rings is 1. The van der Waals surface area contributed by atoms with Gasteiger partial charge in [-0.2, -0.15) is 0 Å². The molecule has 0 bridgehead atoms. The van der Waals surface area contributed by atoms with Gasteiger partial charge >= 0.3 is 0 Å². The Balaban J connectivity index is 1.72. The molecule has 1 aliphatic carbocycles. The van der Waals surface area contributed by atoms with Gasteiger partial charge in [0.2, 0.25) is 0 Å². The van der Waals surface area contributed by atoms with Crippen LogP contribution in [0.3, 0.4) is 0 Å². The molecule has 2 N–H and O–H groups in total. The minimum atomic E-state index is -0.438. The van der Waals surface area contributed by atoms with Gasteiger partial charge in [0.15, 0.2) is 0 Å². The third-order valence-corrected chi connectivity index (χ3v) is 5.43. The highest BCUT2D eigenvalue weighted by Crippen LogP contribution is 2.31. The zero-order chi connectivity index (χ0) is 13.9. The average molecular weight is 268 g/mol. The van der Waals surface area contributed by atoms with Crippen molar-refractivity contribution in [2.24, 2.45) is 11.8 Å². The summed E-state index contributed by atoms with van der Waals surface area (Å²) in [5.74, 6) is 1.58. The van der Waals surface area contributed by atoms with Crippen LogP contribution < -0.4 is 5.32 Å². The number of likely N-dealkylation sites (tertiary alicyclic amines) is 1. The van der Waals surface area contributed by atoms with E-state index in [0.717, 1.165) is 31.2 Å². The lowest BCUT2D eigenvalue weighted by Crippen LogP contribution is -2.49. The number of nitrogens with one attached hydrogen (secondary N) is 1. The van der Waals surface area contributed by atoms with Crippen molar-refractivity contribution in [2.75, 3.05) is 26.7 Å². The molecule has 3 heteroatoms. The zero-order valence-electron chi connectivity index (χ0n) is 13.0. The van der Waals surface area contributed by atoms with Gasteiger partial charge in [0.05, 0.1) is 5.60 Å². The van der Waals surface area contributed by atoms with Crippen molar-refractivity contribution >= 4 is 0 Å². The summed E-state index contributed by atoms with van der Waals surface area (Å²) >= 11 is 0. The van der Waals surface area contributed by atoms with E-state index < -0.39 is 5.60 Å². The molecule has 0 aromatic carbocycles. The van der Waals surface area contributed by atoms with Crippen LogP contribution in [-0.4, -0.2) is 48.3 Å². The molecule has 1 saturated heterocycles. The number of hydrogen-bond acceptors (Lipinski definition) is 3. The Morgan fingerprint density at radius 2 is 1.79 bits per heavy atom. The fraction of sp³-hybridized carbons (Fsp3) is 1.00. The molecule has 19 heavy (non-hydrogen) atoms. The predicted octanol–water partition coefficient (Wildman–Crippen LogP) is 2.25. The Hall–Kier alpha value is -0.120. The van der Waals surface area contributed by atoms with E-state index in [-0.39, 0.29) is 0 Å². The highest BCUT2D eigenvalue weighted by Gasteiger charge is 2.32. The van der Waals surface area contributed by atoms with E-state index in [9.17, 15) is 5.11 Å². The Kier molecular flexibility index (Phi) is 5.27. The maximum Gasteiger partial charge on any atom is 0.0771 e. The standard InChI is InChI=1S/C16H32N2O/c1-13-4-8-16(19,9-5-13)12-17-14(2)15-6-10-18(3)11-7-15/h13-15,17,19H,4-12H2,1-3H3. The maximum absolute atomic E-state index is 10.6. The molecular formula is C16H32N2O. The second-order valence-corrected chi connectivity index (χ2v) is 7.22. The molecule has 0 aromatic heterocycles. The minimum Gasteiger partial charge on any atom is -0.389 e. The third-order valence-electron chi connectivity index (χ3n) is 5.43. The van der Waals surface area contributed by atoms with E-state index in [4.69, 9.17) is 0 Å². The molecule has 1 atom stereocenters. The van der Waals surface area contributed by atoms with Gasteiger partial charge in [-0.1, -0.05) is 6.92 Å². The predicted molar refractivity (Wildman–Crippen MR) is 80.3 cm³/mol. The van der Waals surface area contributed by atoms with E-state index in [2.05, 4.69) is 31.1 Å². The van der Waals surface area contributed by atoms with Gasteiger partial charge < -0.3 is 15.3 Å². The minimum absolute atomic E-state index is 0.438. The number of nitrogens with zero attached hydrogens (tertiary/aromatic N) is 1. The van der Waals surface area contributed by atoms with E-state index in [1.165, 1.54) is 38.8 Å². The number of aliphatic hydroxyl groups is 1. The van der Waals surface area contributed by atoms with Gasteiger partial charge in [0, 0.05) is 12.6 Å². The summed E-state index contributed by atoms with van der Waals surface area (Å²) in [5.41, 5.74) is -0.438. The lowest BCUT2D eigenvalue weighted by Gasteiger charge is -2.38. The molecule has 2 aliphatic rings. The number of hydrogen-bond donors (Lipinski definition) is 2. The van der Waals surface area contributed by atoms with Gasteiger partial charge in [-0.05, 0) is 77.4 Å². The van der Waals surface area contributed by atoms with Crippen LogP contribution in [0, 0.1) is 11.8 Å². The topological polar surface area (TPSA) is 35.5 Å². The Morgan fingerprint density at radius 3 is 2.37 bits per heavy atom. The summed E-state index contributed by atoms with van der Waals surface area (Å²) < 4.78 is 0. The van der Waals surface area contributed by atoms with Gasteiger partial charge in [0.25, 0.3) is 0 Å². The third kappa shape index (κ3) is 4.44. The molecule has 112 valence electrons. The first-order valence-corrected chi connectivity index (χ1v) is 8.13. The van der Waals surface area contributed by atoms with Crippen molar-refractivity contribution in [3.05, 3.63) is 0 Å². The van der Waals surface area contributed by atoms with Crippen LogP contribution in [0.25, 0.3) is 0 Å². The van der Waals surface area contributed by atoms with Gasteiger partial charge in [-0.3, -0.25) is 0 Å². The molecule has 1 heterocycles. The molecule has 1 saturated carbocycles. The van der Waals surface area contributed by atoms with Crippen molar-refractivity contribution in [3.63, 3.8) is 0 Å². The first-order valence-electron chi connectivity index (χ1n) is 8.13. The Labute approximate surface area is 118 Å². The van der Waals surface area contributed by atoms with E-state index in [0.29, 0.717) is 6.04 Å². The maximum atomic E-state index is 10.6. The van der Waals surface area contributed by atoms with E-state index in [1.807, 2.05) is 0 Å². The molecular weight excluding hydrogens is 236 g/mol. The van der Waals surface area contributed by atoms with Crippen molar-refractivity contribution in [1.29, 1.82) is 0 Å².